The highest BCUT2D eigenvalue weighted by Crippen LogP contribution is 2.30. The van der Waals surface area contributed by atoms with E-state index in [1.165, 1.54) is 0 Å². The smallest absolute Gasteiger partial charge is 0.162 e. The second kappa shape index (κ2) is 7.93. The van der Waals surface area contributed by atoms with E-state index < -0.39 is 0 Å². The van der Waals surface area contributed by atoms with Crippen molar-refractivity contribution in [3.05, 3.63) is 53.1 Å². The van der Waals surface area contributed by atoms with E-state index >= 15 is 0 Å². The second-order valence-corrected chi connectivity index (χ2v) is 5.55. The molecule has 0 aliphatic carbocycles. The third kappa shape index (κ3) is 4.11. The van der Waals surface area contributed by atoms with Gasteiger partial charge in [-0.2, -0.15) is 0 Å². The summed E-state index contributed by atoms with van der Waals surface area (Å²) in [6, 6.07) is 13.0. The van der Waals surface area contributed by atoms with Gasteiger partial charge in [-0.15, -0.1) is 0 Å². The van der Waals surface area contributed by atoms with Crippen molar-refractivity contribution >= 4 is 17.3 Å². The molecule has 1 aliphatic heterocycles. The number of fused-ring (bicyclic) bond motifs is 1. The van der Waals surface area contributed by atoms with Crippen LogP contribution in [0.5, 0.6) is 17.2 Å². The molecule has 0 fully saturated rings. The van der Waals surface area contributed by atoms with Crippen LogP contribution in [0.3, 0.4) is 0 Å². The molecule has 6 heteroatoms. The Bertz CT molecular complexity index is 733. The van der Waals surface area contributed by atoms with E-state index in [1.54, 1.807) is 6.07 Å². The number of rotatable bonds is 6. The predicted octanol–water partition coefficient (Wildman–Crippen LogP) is 3.93. The third-order valence-corrected chi connectivity index (χ3v) is 3.74. The van der Waals surface area contributed by atoms with Gasteiger partial charge < -0.3 is 19.0 Å². The van der Waals surface area contributed by atoms with Crippen molar-refractivity contribution < 1.29 is 19.0 Å². The van der Waals surface area contributed by atoms with Crippen molar-refractivity contribution in [2.24, 2.45) is 5.16 Å². The Balaban J connectivity index is 1.50. The van der Waals surface area contributed by atoms with Crippen molar-refractivity contribution in [2.45, 2.75) is 6.92 Å². The molecule has 24 heavy (non-hydrogen) atoms. The van der Waals surface area contributed by atoms with Crippen molar-refractivity contribution in [3.63, 3.8) is 0 Å². The van der Waals surface area contributed by atoms with Gasteiger partial charge in [-0.3, -0.25) is 0 Å². The number of ether oxygens (including phenoxy) is 3. The zero-order valence-electron chi connectivity index (χ0n) is 13.3. The molecular weight excluding hydrogens is 330 g/mol. The average Bonchev–Trinajstić information content (AvgIpc) is 2.62. The van der Waals surface area contributed by atoms with Crippen LogP contribution in [0.25, 0.3) is 0 Å². The lowest BCUT2D eigenvalue weighted by atomic mass is 10.1. The molecule has 0 spiro atoms. The molecule has 0 N–H and O–H groups in total. The summed E-state index contributed by atoms with van der Waals surface area (Å²) in [5.41, 5.74) is 1.68. The fourth-order valence-corrected chi connectivity index (χ4v) is 2.40. The molecule has 0 radical (unpaired) electrons. The fraction of sp³-hybridized carbons (Fsp3) is 0.278. The number of oxime groups is 1. The van der Waals surface area contributed by atoms with Crippen LogP contribution in [-0.2, 0) is 4.84 Å². The molecule has 2 aromatic rings. The first-order chi connectivity index (χ1) is 11.7. The van der Waals surface area contributed by atoms with E-state index in [0.717, 1.165) is 22.8 Å². The first-order valence-corrected chi connectivity index (χ1v) is 8.06. The van der Waals surface area contributed by atoms with Gasteiger partial charge in [-0.1, -0.05) is 28.9 Å². The fourth-order valence-electron chi connectivity index (χ4n) is 2.21. The molecule has 3 rings (SSSR count). The number of hydrogen-bond donors (Lipinski definition) is 0. The molecule has 126 valence electrons. The second-order valence-electron chi connectivity index (χ2n) is 5.15. The number of hydrogen-bond acceptors (Lipinski definition) is 5. The number of halogens is 1. The van der Waals surface area contributed by atoms with E-state index in [-0.39, 0.29) is 0 Å². The van der Waals surface area contributed by atoms with Crippen LogP contribution in [0.4, 0.5) is 0 Å². The van der Waals surface area contributed by atoms with Crippen LogP contribution in [0, 0.1) is 0 Å². The summed E-state index contributed by atoms with van der Waals surface area (Å²) in [5.74, 6) is 2.12. The lowest BCUT2D eigenvalue weighted by Crippen LogP contribution is -2.15. The molecule has 0 saturated heterocycles. The summed E-state index contributed by atoms with van der Waals surface area (Å²) in [6.45, 7) is 3.70. The normalized spacial score (nSPS) is 13.5. The highest BCUT2D eigenvalue weighted by Gasteiger charge is 2.12. The van der Waals surface area contributed by atoms with Crippen molar-refractivity contribution in [1.82, 2.24) is 0 Å². The number of para-hydroxylation sites is 1. The van der Waals surface area contributed by atoms with E-state index in [9.17, 15) is 0 Å². The standard InChI is InChI=1S/C18H18ClNO4/c1-13(14-6-7-17-18(12-14)23-9-8-22-17)20-24-11-10-21-16-5-3-2-4-15(16)19/h2-7,12H,8-11H2,1H3. The summed E-state index contributed by atoms with van der Waals surface area (Å²) >= 11 is 6.01. The van der Waals surface area contributed by atoms with Crippen molar-refractivity contribution in [2.75, 3.05) is 26.4 Å². The lowest BCUT2D eigenvalue weighted by Gasteiger charge is -2.18. The lowest BCUT2D eigenvalue weighted by molar-refractivity contribution is 0.107. The quantitative estimate of drug-likeness (QED) is 0.451. The largest absolute Gasteiger partial charge is 0.488 e. The maximum absolute atomic E-state index is 6.01. The summed E-state index contributed by atoms with van der Waals surface area (Å²) in [4.78, 5) is 5.30. The van der Waals surface area contributed by atoms with E-state index in [0.29, 0.717) is 37.2 Å². The van der Waals surface area contributed by atoms with Gasteiger partial charge in [0.25, 0.3) is 0 Å². The summed E-state index contributed by atoms with van der Waals surface area (Å²) in [6.07, 6.45) is 0. The molecule has 2 aromatic carbocycles. The summed E-state index contributed by atoms with van der Waals surface area (Å²) < 4.78 is 16.6. The first-order valence-electron chi connectivity index (χ1n) is 7.68. The van der Waals surface area contributed by atoms with Gasteiger partial charge >= 0.3 is 0 Å². The van der Waals surface area contributed by atoms with Crippen LogP contribution in [-0.4, -0.2) is 32.1 Å². The SMILES string of the molecule is CC(=NOCCOc1ccccc1Cl)c1ccc2c(c1)OCCO2. The molecule has 0 atom stereocenters. The molecule has 0 amide bonds. The highest BCUT2D eigenvalue weighted by atomic mass is 35.5. The van der Waals surface area contributed by atoms with E-state index in [4.69, 9.17) is 30.6 Å². The van der Waals surface area contributed by atoms with Crippen molar-refractivity contribution in [3.8, 4) is 17.2 Å². The van der Waals surface area contributed by atoms with E-state index in [1.807, 2.05) is 43.3 Å². The minimum absolute atomic E-state index is 0.327. The van der Waals surface area contributed by atoms with Crippen LogP contribution >= 0.6 is 11.6 Å². The van der Waals surface area contributed by atoms with E-state index in [2.05, 4.69) is 5.16 Å². The Kier molecular flexibility index (Phi) is 5.43. The monoisotopic (exact) mass is 347 g/mol. The van der Waals surface area contributed by atoms with Crippen LogP contribution in [0.1, 0.15) is 12.5 Å². The van der Waals surface area contributed by atoms with Gasteiger partial charge in [0.05, 0.1) is 10.7 Å². The van der Waals surface area contributed by atoms with Gasteiger partial charge in [0, 0.05) is 5.56 Å². The van der Waals surface area contributed by atoms with Gasteiger partial charge in [-0.05, 0) is 37.3 Å². The first kappa shape index (κ1) is 16.5. The Morgan fingerprint density at radius 3 is 2.71 bits per heavy atom. The molecule has 0 bridgehead atoms. The summed E-state index contributed by atoms with van der Waals surface area (Å²) in [7, 11) is 0. The molecule has 0 unspecified atom stereocenters. The van der Waals surface area contributed by atoms with Crippen LogP contribution in [0.15, 0.2) is 47.6 Å². The predicted molar refractivity (Wildman–Crippen MR) is 92.5 cm³/mol. The molecule has 1 heterocycles. The molecule has 1 aliphatic rings. The average molecular weight is 348 g/mol. The number of nitrogens with zero attached hydrogens (tertiary/aromatic N) is 1. The van der Waals surface area contributed by atoms with Gasteiger partial charge in [-0.25, -0.2) is 0 Å². The topological polar surface area (TPSA) is 49.3 Å². The maximum Gasteiger partial charge on any atom is 0.162 e. The highest BCUT2D eigenvalue weighted by molar-refractivity contribution is 6.32. The minimum atomic E-state index is 0.327. The van der Waals surface area contributed by atoms with Crippen LogP contribution < -0.4 is 14.2 Å². The Morgan fingerprint density at radius 2 is 1.88 bits per heavy atom. The summed E-state index contributed by atoms with van der Waals surface area (Å²) in [5, 5.41) is 4.68. The maximum atomic E-state index is 6.01. The van der Waals surface area contributed by atoms with Gasteiger partial charge in [0.2, 0.25) is 0 Å². The zero-order valence-corrected chi connectivity index (χ0v) is 14.1. The molecule has 0 saturated carbocycles. The minimum Gasteiger partial charge on any atom is -0.488 e. The Morgan fingerprint density at radius 1 is 1.08 bits per heavy atom. The van der Waals surface area contributed by atoms with Gasteiger partial charge in [0.15, 0.2) is 18.1 Å². The van der Waals surface area contributed by atoms with Crippen LogP contribution in [0.2, 0.25) is 5.02 Å². The molecule has 0 aromatic heterocycles. The Labute approximate surface area is 145 Å². The third-order valence-electron chi connectivity index (χ3n) is 3.43. The zero-order chi connectivity index (χ0) is 16.8. The number of benzene rings is 2. The molecule has 5 nitrogen and oxygen atoms in total. The molecular formula is C18H18ClNO4. The Hall–Kier alpha value is -2.40. The van der Waals surface area contributed by atoms with Crippen molar-refractivity contribution in [1.29, 1.82) is 0 Å². The van der Waals surface area contributed by atoms with Gasteiger partial charge in [0.1, 0.15) is 25.6 Å².